The van der Waals surface area contributed by atoms with Gasteiger partial charge in [-0.3, -0.25) is 10.9 Å². The molecule has 0 saturated heterocycles. The van der Waals surface area contributed by atoms with Gasteiger partial charge in [0.05, 0.1) is 42.9 Å². The van der Waals surface area contributed by atoms with E-state index in [2.05, 4.69) is 21.1 Å². The highest BCUT2D eigenvalue weighted by Crippen LogP contribution is 2.25. The Bertz CT molecular complexity index is 735. The highest BCUT2D eigenvalue weighted by Gasteiger charge is 2.02. The van der Waals surface area contributed by atoms with Crippen LogP contribution in [0.5, 0.6) is 0 Å². The maximum atomic E-state index is 5.96. The summed E-state index contributed by atoms with van der Waals surface area (Å²) in [5, 5.41) is 10.4. The fourth-order valence-corrected chi connectivity index (χ4v) is 2.19. The molecule has 8 heteroatoms. The van der Waals surface area contributed by atoms with Gasteiger partial charge in [0.15, 0.2) is 0 Å². The molecule has 0 atom stereocenters. The minimum absolute atomic E-state index is 0.459. The fraction of sp³-hybridized carbons (Fsp3) is 0.125. The number of hydrazone groups is 2. The minimum Gasteiger partial charge on any atom is -0.278 e. The van der Waals surface area contributed by atoms with Crippen LogP contribution in [0.25, 0.3) is 0 Å². The molecule has 2 aromatic carbocycles. The van der Waals surface area contributed by atoms with Gasteiger partial charge < -0.3 is 0 Å². The van der Waals surface area contributed by atoms with Crippen LogP contribution < -0.4 is 10.9 Å². The molecule has 0 heterocycles. The zero-order valence-corrected chi connectivity index (χ0v) is 15.9. The van der Waals surface area contributed by atoms with E-state index in [4.69, 9.17) is 46.4 Å². The molecule has 0 radical (unpaired) electrons. The first-order valence-electron chi connectivity index (χ1n) is 6.88. The Balaban J connectivity index is 2.02. The van der Waals surface area contributed by atoms with E-state index in [0.717, 1.165) is 11.4 Å². The van der Waals surface area contributed by atoms with Crippen LogP contribution in [0.4, 0.5) is 11.4 Å². The van der Waals surface area contributed by atoms with Crippen molar-refractivity contribution in [3.8, 4) is 0 Å². The molecule has 0 aliphatic rings. The minimum atomic E-state index is 0.459. The van der Waals surface area contributed by atoms with Gasteiger partial charge in [-0.2, -0.15) is 10.2 Å². The van der Waals surface area contributed by atoms with Crippen molar-refractivity contribution in [2.75, 3.05) is 10.9 Å². The molecule has 126 valence electrons. The molecule has 0 aliphatic carbocycles. The maximum absolute atomic E-state index is 5.96. The summed E-state index contributed by atoms with van der Waals surface area (Å²) in [7, 11) is 0. The Labute approximate surface area is 160 Å². The number of rotatable bonds is 5. The summed E-state index contributed by atoms with van der Waals surface area (Å²) >= 11 is 23.7. The van der Waals surface area contributed by atoms with Crippen LogP contribution in [-0.4, -0.2) is 11.4 Å². The van der Waals surface area contributed by atoms with Gasteiger partial charge in [-0.25, -0.2) is 0 Å². The van der Waals surface area contributed by atoms with Crippen molar-refractivity contribution in [2.24, 2.45) is 10.2 Å². The molecule has 24 heavy (non-hydrogen) atoms. The summed E-state index contributed by atoms with van der Waals surface area (Å²) in [5.74, 6) is 0. The standard InChI is InChI=1S/C16H14Cl4N4/c1-9(21-23-11-3-5-13(17)15(19)7-11)10(2)22-24-12-4-6-14(18)16(20)8-12/h3-8,23-24H,1-2H3/b21-9-,22-10-. The quantitative estimate of drug-likeness (QED) is 0.437. The first-order valence-corrected chi connectivity index (χ1v) is 8.39. The van der Waals surface area contributed by atoms with Gasteiger partial charge in [0, 0.05) is 0 Å². The third kappa shape index (κ3) is 5.28. The Hall–Kier alpha value is -1.46. The van der Waals surface area contributed by atoms with Crippen molar-refractivity contribution in [1.29, 1.82) is 0 Å². The summed E-state index contributed by atoms with van der Waals surface area (Å²) in [4.78, 5) is 0. The van der Waals surface area contributed by atoms with E-state index in [-0.39, 0.29) is 0 Å². The molecule has 0 spiro atoms. The van der Waals surface area contributed by atoms with E-state index in [1.807, 2.05) is 13.8 Å². The van der Waals surface area contributed by atoms with Gasteiger partial charge in [0.1, 0.15) is 0 Å². The Morgan fingerprint density at radius 3 is 1.38 bits per heavy atom. The number of halogens is 4. The summed E-state index contributed by atoms with van der Waals surface area (Å²) in [5.41, 5.74) is 8.68. The maximum Gasteiger partial charge on any atom is 0.0805 e. The number of nitrogens with zero attached hydrogens (tertiary/aromatic N) is 2. The zero-order valence-electron chi connectivity index (χ0n) is 12.9. The summed E-state index contributed by atoms with van der Waals surface area (Å²) in [6.07, 6.45) is 0. The predicted molar refractivity (Wildman–Crippen MR) is 106 cm³/mol. The van der Waals surface area contributed by atoms with Gasteiger partial charge in [-0.1, -0.05) is 46.4 Å². The molecule has 0 aromatic heterocycles. The summed E-state index contributed by atoms with van der Waals surface area (Å²) in [6.45, 7) is 3.67. The Morgan fingerprint density at radius 1 is 0.667 bits per heavy atom. The van der Waals surface area contributed by atoms with Crippen molar-refractivity contribution in [2.45, 2.75) is 13.8 Å². The van der Waals surface area contributed by atoms with E-state index in [1.165, 1.54) is 0 Å². The molecular formula is C16H14Cl4N4. The molecule has 0 aliphatic heterocycles. The molecule has 0 saturated carbocycles. The molecule has 0 fully saturated rings. The number of anilines is 2. The molecule has 0 amide bonds. The normalized spacial score (nSPS) is 12.2. The molecule has 2 aromatic rings. The Kier molecular flexibility index (Phi) is 6.75. The predicted octanol–water partition coefficient (Wildman–Crippen LogP) is 6.58. The first-order chi connectivity index (χ1) is 11.4. The lowest BCUT2D eigenvalue weighted by atomic mass is 10.3. The summed E-state index contributed by atoms with van der Waals surface area (Å²) in [6, 6.07) is 10.4. The lowest BCUT2D eigenvalue weighted by Gasteiger charge is -2.06. The van der Waals surface area contributed by atoms with Crippen molar-refractivity contribution in [3.05, 3.63) is 56.5 Å². The van der Waals surface area contributed by atoms with Crippen molar-refractivity contribution < 1.29 is 0 Å². The largest absolute Gasteiger partial charge is 0.278 e. The van der Waals surface area contributed by atoms with Gasteiger partial charge in [-0.05, 0) is 50.2 Å². The third-order valence-electron chi connectivity index (χ3n) is 3.07. The van der Waals surface area contributed by atoms with E-state index >= 15 is 0 Å². The van der Waals surface area contributed by atoms with Crippen molar-refractivity contribution in [3.63, 3.8) is 0 Å². The van der Waals surface area contributed by atoms with Gasteiger partial charge in [-0.15, -0.1) is 0 Å². The molecule has 0 bridgehead atoms. The number of hydrogen-bond donors (Lipinski definition) is 2. The fourth-order valence-electron chi connectivity index (χ4n) is 1.59. The van der Waals surface area contributed by atoms with Crippen LogP contribution in [-0.2, 0) is 0 Å². The van der Waals surface area contributed by atoms with Crippen LogP contribution in [0.3, 0.4) is 0 Å². The van der Waals surface area contributed by atoms with Crippen LogP contribution in [0.15, 0.2) is 46.6 Å². The monoisotopic (exact) mass is 402 g/mol. The molecule has 4 nitrogen and oxygen atoms in total. The topological polar surface area (TPSA) is 48.8 Å². The van der Waals surface area contributed by atoms with Crippen LogP contribution in [0.1, 0.15) is 13.8 Å². The highest BCUT2D eigenvalue weighted by molar-refractivity contribution is 6.43. The number of hydrogen-bond acceptors (Lipinski definition) is 4. The lowest BCUT2D eigenvalue weighted by molar-refractivity contribution is 1.31. The van der Waals surface area contributed by atoms with E-state index in [1.54, 1.807) is 36.4 Å². The van der Waals surface area contributed by atoms with Gasteiger partial charge >= 0.3 is 0 Å². The van der Waals surface area contributed by atoms with Gasteiger partial charge in [0.25, 0.3) is 0 Å². The smallest absolute Gasteiger partial charge is 0.0805 e. The van der Waals surface area contributed by atoms with Crippen molar-refractivity contribution in [1.82, 2.24) is 0 Å². The number of nitrogens with one attached hydrogen (secondary N) is 2. The zero-order chi connectivity index (χ0) is 17.7. The molecular weight excluding hydrogens is 390 g/mol. The average Bonchev–Trinajstić information content (AvgIpc) is 2.56. The van der Waals surface area contributed by atoms with Gasteiger partial charge in [0.2, 0.25) is 0 Å². The van der Waals surface area contributed by atoms with E-state index < -0.39 is 0 Å². The summed E-state index contributed by atoms with van der Waals surface area (Å²) < 4.78 is 0. The van der Waals surface area contributed by atoms with E-state index in [0.29, 0.717) is 31.5 Å². The average molecular weight is 404 g/mol. The second-order valence-corrected chi connectivity index (χ2v) is 6.50. The second kappa shape index (κ2) is 8.58. The number of benzene rings is 2. The first kappa shape index (κ1) is 18.9. The molecule has 2 N–H and O–H groups in total. The SMILES string of the molecule is CC(=N/Nc1ccc(Cl)c(Cl)c1)/C(C)=N\Nc1ccc(Cl)c(Cl)c1. The third-order valence-corrected chi connectivity index (χ3v) is 4.55. The second-order valence-electron chi connectivity index (χ2n) is 4.88. The lowest BCUT2D eigenvalue weighted by Crippen LogP contribution is -2.10. The molecule has 2 rings (SSSR count). The van der Waals surface area contributed by atoms with Crippen LogP contribution >= 0.6 is 46.4 Å². The van der Waals surface area contributed by atoms with Crippen molar-refractivity contribution >= 4 is 69.2 Å². The van der Waals surface area contributed by atoms with E-state index in [9.17, 15) is 0 Å². The van der Waals surface area contributed by atoms with Crippen LogP contribution in [0, 0.1) is 0 Å². The highest BCUT2D eigenvalue weighted by atomic mass is 35.5. The van der Waals surface area contributed by atoms with Crippen LogP contribution in [0.2, 0.25) is 20.1 Å². The molecule has 0 unspecified atom stereocenters. The Morgan fingerprint density at radius 2 is 1.04 bits per heavy atom.